The third-order valence-electron chi connectivity index (χ3n) is 0.725. The molecular weight excluding hydrogens is 149 g/mol. The molecule has 0 aliphatic carbocycles. The SMILES string of the molecule is C[n+]1occc1Cl.[Cl-]. The monoisotopic (exact) mass is 153 g/mol. The highest BCUT2D eigenvalue weighted by molar-refractivity contribution is 6.28. The molecule has 0 saturated heterocycles. The van der Waals surface area contributed by atoms with E-state index in [1.54, 1.807) is 13.1 Å². The van der Waals surface area contributed by atoms with Crippen LogP contribution in [0.2, 0.25) is 5.15 Å². The minimum absolute atomic E-state index is 0. The van der Waals surface area contributed by atoms with Gasteiger partial charge in [-0.15, -0.1) is 0 Å². The van der Waals surface area contributed by atoms with Crippen LogP contribution in [0, 0.1) is 0 Å². The van der Waals surface area contributed by atoms with Gasteiger partial charge in [0.2, 0.25) is 0 Å². The molecule has 0 N–H and O–H groups in total. The molecule has 2 nitrogen and oxygen atoms in total. The molecule has 46 valence electrons. The van der Waals surface area contributed by atoms with Crippen molar-refractivity contribution >= 4 is 11.6 Å². The maximum Gasteiger partial charge on any atom is 0.322 e. The molecular formula is C4H5Cl2NO. The molecule has 0 atom stereocenters. The van der Waals surface area contributed by atoms with Gasteiger partial charge in [0.1, 0.15) is 0 Å². The van der Waals surface area contributed by atoms with Crippen molar-refractivity contribution in [2.75, 3.05) is 0 Å². The number of hydrogen-bond acceptors (Lipinski definition) is 1. The van der Waals surface area contributed by atoms with Gasteiger partial charge in [0.05, 0.1) is 6.07 Å². The Bertz CT molecular complexity index is 146. The van der Waals surface area contributed by atoms with Crippen LogP contribution < -0.4 is 17.1 Å². The molecule has 0 amide bonds. The fourth-order valence-corrected chi connectivity index (χ4v) is 0.424. The summed E-state index contributed by atoms with van der Waals surface area (Å²) in [6.07, 6.45) is 1.53. The van der Waals surface area contributed by atoms with E-state index in [0.29, 0.717) is 5.15 Å². The first kappa shape index (κ1) is 7.79. The molecule has 0 fully saturated rings. The van der Waals surface area contributed by atoms with Gasteiger partial charge in [0.15, 0.2) is 13.3 Å². The van der Waals surface area contributed by atoms with Gasteiger partial charge in [-0.25, -0.2) is 4.52 Å². The van der Waals surface area contributed by atoms with Crippen molar-refractivity contribution in [3.63, 3.8) is 0 Å². The average Bonchev–Trinajstić information content (AvgIpc) is 1.91. The van der Waals surface area contributed by atoms with Gasteiger partial charge in [-0.3, -0.25) is 0 Å². The zero-order valence-corrected chi connectivity index (χ0v) is 5.78. The Morgan fingerprint density at radius 1 is 1.75 bits per heavy atom. The second-order valence-corrected chi connectivity index (χ2v) is 1.62. The van der Waals surface area contributed by atoms with Crippen LogP contribution >= 0.6 is 11.6 Å². The summed E-state index contributed by atoms with van der Waals surface area (Å²) in [5.41, 5.74) is 0. The maximum absolute atomic E-state index is 5.49. The van der Waals surface area contributed by atoms with Crippen LogP contribution in [0.1, 0.15) is 0 Å². The van der Waals surface area contributed by atoms with Gasteiger partial charge < -0.3 is 12.4 Å². The molecule has 0 saturated carbocycles. The predicted octanol–water partition coefficient (Wildman–Crippen LogP) is -2.24. The van der Waals surface area contributed by atoms with E-state index in [4.69, 9.17) is 16.1 Å². The van der Waals surface area contributed by atoms with E-state index >= 15 is 0 Å². The highest BCUT2D eigenvalue weighted by Gasteiger charge is 2.01. The van der Waals surface area contributed by atoms with E-state index in [0.717, 1.165) is 0 Å². The van der Waals surface area contributed by atoms with Crippen molar-refractivity contribution in [1.82, 2.24) is 0 Å². The Morgan fingerprint density at radius 3 is 2.50 bits per heavy atom. The number of aromatic nitrogens is 1. The summed E-state index contributed by atoms with van der Waals surface area (Å²) in [6, 6.07) is 1.68. The summed E-state index contributed by atoms with van der Waals surface area (Å²) in [5.74, 6) is 0. The van der Waals surface area contributed by atoms with Gasteiger partial charge >= 0.3 is 5.15 Å². The molecule has 1 rings (SSSR count). The minimum Gasteiger partial charge on any atom is -1.00 e. The summed E-state index contributed by atoms with van der Waals surface area (Å²) >= 11 is 5.49. The van der Waals surface area contributed by atoms with Crippen LogP contribution in [0.25, 0.3) is 0 Å². The van der Waals surface area contributed by atoms with Crippen LogP contribution in [0.5, 0.6) is 0 Å². The van der Waals surface area contributed by atoms with Crippen molar-refractivity contribution in [3.8, 4) is 0 Å². The summed E-state index contributed by atoms with van der Waals surface area (Å²) in [4.78, 5) is 0. The van der Waals surface area contributed by atoms with Crippen molar-refractivity contribution in [2.24, 2.45) is 7.05 Å². The van der Waals surface area contributed by atoms with Crippen LogP contribution in [-0.4, -0.2) is 0 Å². The van der Waals surface area contributed by atoms with E-state index in [-0.39, 0.29) is 12.4 Å². The quantitative estimate of drug-likeness (QED) is 0.386. The molecule has 8 heavy (non-hydrogen) atoms. The zero-order valence-electron chi connectivity index (χ0n) is 4.27. The summed E-state index contributed by atoms with van der Waals surface area (Å²) in [7, 11) is 1.74. The predicted molar refractivity (Wildman–Crippen MR) is 24.9 cm³/mol. The lowest BCUT2D eigenvalue weighted by Crippen LogP contribution is -3.00. The van der Waals surface area contributed by atoms with E-state index in [1.165, 1.54) is 11.0 Å². The molecule has 0 radical (unpaired) electrons. The number of aryl methyl sites for hydroxylation is 1. The Labute approximate surface area is 58.4 Å². The van der Waals surface area contributed by atoms with E-state index in [2.05, 4.69) is 0 Å². The van der Waals surface area contributed by atoms with Gasteiger partial charge in [-0.2, -0.15) is 0 Å². The Morgan fingerprint density at radius 2 is 2.38 bits per heavy atom. The van der Waals surface area contributed by atoms with Crippen LogP contribution in [0.4, 0.5) is 0 Å². The number of halogens is 2. The smallest absolute Gasteiger partial charge is 0.322 e. The normalized spacial score (nSPS) is 8.25. The standard InChI is InChI=1S/C4H5ClNO.ClH/c1-6-4(5)2-3-7-6;/h2-3H,1H3;1H/q+1;/p-1. The van der Waals surface area contributed by atoms with E-state index in [1.807, 2.05) is 0 Å². The third kappa shape index (κ3) is 1.39. The fraction of sp³-hybridized carbons (Fsp3) is 0.250. The highest BCUT2D eigenvalue weighted by Crippen LogP contribution is 1.96. The molecule has 0 aliphatic rings. The zero-order chi connectivity index (χ0) is 5.28. The number of rotatable bonds is 0. The molecule has 0 unspecified atom stereocenters. The van der Waals surface area contributed by atoms with Crippen LogP contribution in [0.15, 0.2) is 16.9 Å². The maximum atomic E-state index is 5.49. The highest BCUT2D eigenvalue weighted by atomic mass is 35.5. The Balaban J connectivity index is 0.000000490. The lowest BCUT2D eigenvalue weighted by atomic mass is 10.8. The van der Waals surface area contributed by atoms with Crippen molar-refractivity contribution in [2.45, 2.75) is 0 Å². The van der Waals surface area contributed by atoms with Crippen molar-refractivity contribution < 1.29 is 21.7 Å². The Kier molecular flexibility index (Phi) is 2.87. The average molecular weight is 154 g/mol. The van der Waals surface area contributed by atoms with E-state index in [9.17, 15) is 0 Å². The largest absolute Gasteiger partial charge is 1.00 e. The molecule has 1 aromatic heterocycles. The fourth-order valence-electron chi connectivity index (χ4n) is 0.333. The number of hydrogen-bond donors (Lipinski definition) is 0. The molecule has 0 aliphatic heterocycles. The van der Waals surface area contributed by atoms with Gasteiger partial charge in [-0.05, 0) is 16.3 Å². The molecule has 0 aromatic carbocycles. The van der Waals surface area contributed by atoms with Crippen LogP contribution in [-0.2, 0) is 7.05 Å². The number of nitrogens with zero attached hydrogens (tertiary/aromatic N) is 1. The lowest BCUT2D eigenvalue weighted by molar-refractivity contribution is -0.843. The lowest BCUT2D eigenvalue weighted by Gasteiger charge is -1.68. The molecule has 0 bridgehead atoms. The second-order valence-electron chi connectivity index (χ2n) is 1.23. The molecule has 4 heteroatoms. The van der Waals surface area contributed by atoms with Crippen molar-refractivity contribution in [3.05, 3.63) is 17.5 Å². The third-order valence-corrected chi connectivity index (χ3v) is 1.09. The van der Waals surface area contributed by atoms with Crippen LogP contribution in [0.3, 0.4) is 0 Å². The summed E-state index contributed by atoms with van der Waals surface area (Å²) < 4.78 is 6.22. The first-order valence-corrected chi connectivity index (χ1v) is 2.28. The minimum atomic E-state index is 0. The molecule has 1 aromatic rings. The van der Waals surface area contributed by atoms with Gasteiger partial charge in [0, 0.05) is 0 Å². The van der Waals surface area contributed by atoms with Gasteiger partial charge in [0.25, 0.3) is 0 Å². The molecule has 0 spiro atoms. The first-order chi connectivity index (χ1) is 3.30. The Hall–Kier alpha value is -0.210. The second kappa shape index (κ2) is 2.95. The topological polar surface area (TPSA) is 17.0 Å². The summed E-state index contributed by atoms with van der Waals surface area (Å²) in [5, 5.41) is 0.611. The van der Waals surface area contributed by atoms with Crippen molar-refractivity contribution in [1.29, 1.82) is 0 Å². The molecule has 1 heterocycles. The van der Waals surface area contributed by atoms with Gasteiger partial charge in [-0.1, -0.05) is 0 Å². The summed E-state index contributed by atoms with van der Waals surface area (Å²) in [6.45, 7) is 0. The first-order valence-electron chi connectivity index (χ1n) is 1.90. The van der Waals surface area contributed by atoms with E-state index < -0.39 is 0 Å².